The molecule has 2 fully saturated rings. The average Bonchev–Trinajstić information content (AvgIpc) is 3.55. The van der Waals surface area contributed by atoms with Gasteiger partial charge in [-0.05, 0) is 38.0 Å². The zero-order chi connectivity index (χ0) is 23.3. The third-order valence-corrected chi connectivity index (χ3v) is 6.44. The third kappa shape index (κ3) is 3.86. The lowest BCUT2D eigenvalue weighted by Gasteiger charge is -2.36. The van der Waals surface area contributed by atoms with E-state index in [1.54, 1.807) is 4.57 Å². The predicted octanol–water partition coefficient (Wildman–Crippen LogP) is 3.41. The highest BCUT2D eigenvalue weighted by molar-refractivity contribution is 5.97. The smallest absolute Gasteiger partial charge is 0.341 e. The van der Waals surface area contributed by atoms with E-state index in [2.05, 4.69) is 4.90 Å². The second-order valence-corrected chi connectivity index (χ2v) is 8.73. The summed E-state index contributed by atoms with van der Waals surface area (Å²) in [7, 11) is 1.46. The molecule has 0 atom stereocenters. The summed E-state index contributed by atoms with van der Waals surface area (Å²) in [5, 5.41) is 9.51. The Labute approximate surface area is 189 Å². The second-order valence-electron chi connectivity index (χ2n) is 8.73. The Balaban J connectivity index is 1.52. The maximum Gasteiger partial charge on any atom is 0.341 e. The number of nitrogens with zero attached hydrogens (tertiary/aromatic N) is 3. The molecule has 3 aromatic rings. The Bertz CT molecular complexity index is 1290. The molecule has 0 bridgehead atoms. The standard InChI is InChI=1S/C24H26FN3O5/c1-14-3-6-16(33-14)12-26-7-9-27(10-8-26)21-19(25)11-17-20(23(21)32-2)28(15-4-5-15)13-18(22(17)29)24(30)31/h3,6,11,13,15H,4-5,7-10,12H2,1-2H3,(H,30,31). The van der Waals surface area contributed by atoms with Crippen LogP contribution in [0, 0.1) is 12.7 Å². The largest absolute Gasteiger partial charge is 0.492 e. The Hall–Kier alpha value is -3.33. The van der Waals surface area contributed by atoms with Crippen LogP contribution in [-0.2, 0) is 6.54 Å². The fraction of sp³-hybridized carbons (Fsp3) is 0.417. The van der Waals surface area contributed by atoms with Crippen LogP contribution >= 0.6 is 0 Å². The molecule has 5 rings (SSSR count). The lowest BCUT2D eigenvalue weighted by atomic mass is 10.1. The van der Waals surface area contributed by atoms with Crippen LogP contribution in [0.25, 0.3) is 10.9 Å². The van der Waals surface area contributed by atoms with E-state index in [1.807, 2.05) is 24.0 Å². The van der Waals surface area contributed by atoms with Gasteiger partial charge < -0.3 is 23.7 Å². The number of benzene rings is 1. The molecule has 0 amide bonds. The molecule has 1 saturated carbocycles. The molecule has 174 valence electrons. The van der Waals surface area contributed by atoms with Crippen LogP contribution < -0.4 is 15.1 Å². The van der Waals surface area contributed by atoms with Crippen molar-refractivity contribution in [1.29, 1.82) is 0 Å². The number of piperazine rings is 1. The number of anilines is 1. The number of hydrogen-bond donors (Lipinski definition) is 1. The fourth-order valence-corrected chi connectivity index (χ4v) is 4.64. The third-order valence-electron chi connectivity index (χ3n) is 6.44. The minimum Gasteiger partial charge on any atom is -0.492 e. The predicted molar refractivity (Wildman–Crippen MR) is 121 cm³/mol. The van der Waals surface area contributed by atoms with Gasteiger partial charge >= 0.3 is 5.97 Å². The highest BCUT2D eigenvalue weighted by Crippen LogP contribution is 2.43. The van der Waals surface area contributed by atoms with Crippen LogP contribution in [0.1, 0.15) is 40.8 Å². The van der Waals surface area contributed by atoms with Crippen molar-refractivity contribution in [1.82, 2.24) is 9.47 Å². The Morgan fingerprint density at radius 3 is 2.55 bits per heavy atom. The van der Waals surface area contributed by atoms with Crippen molar-refractivity contribution < 1.29 is 23.4 Å². The number of carboxylic acid groups (broad SMARTS) is 1. The van der Waals surface area contributed by atoms with Crippen LogP contribution in [-0.4, -0.2) is 53.8 Å². The molecular weight excluding hydrogens is 429 g/mol. The first-order valence-corrected chi connectivity index (χ1v) is 11.1. The molecule has 1 aliphatic carbocycles. The molecule has 1 saturated heterocycles. The number of aromatic nitrogens is 1. The number of rotatable bonds is 6. The summed E-state index contributed by atoms with van der Waals surface area (Å²) < 4.78 is 28.5. The molecule has 3 heterocycles. The van der Waals surface area contributed by atoms with Gasteiger partial charge in [-0.25, -0.2) is 9.18 Å². The molecule has 33 heavy (non-hydrogen) atoms. The van der Waals surface area contributed by atoms with E-state index in [-0.39, 0.29) is 22.7 Å². The van der Waals surface area contributed by atoms with Gasteiger partial charge in [0.2, 0.25) is 5.43 Å². The van der Waals surface area contributed by atoms with Gasteiger partial charge in [0, 0.05) is 38.4 Å². The van der Waals surface area contributed by atoms with Gasteiger partial charge in [-0.1, -0.05) is 0 Å². The van der Waals surface area contributed by atoms with Crippen molar-refractivity contribution >= 4 is 22.6 Å². The summed E-state index contributed by atoms with van der Waals surface area (Å²) in [4.78, 5) is 28.6. The Kier molecular flexibility index (Phi) is 5.36. The number of fused-ring (bicyclic) bond motifs is 1. The molecular formula is C24H26FN3O5. The number of carboxylic acids is 1. The van der Waals surface area contributed by atoms with Gasteiger partial charge in [0.15, 0.2) is 11.6 Å². The molecule has 0 spiro atoms. The molecule has 9 heteroatoms. The number of carbonyl (C=O) groups is 1. The average molecular weight is 455 g/mol. The summed E-state index contributed by atoms with van der Waals surface area (Å²) in [6, 6.07) is 5.15. The quantitative estimate of drug-likeness (QED) is 0.609. The van der Waals surface area contributed by atoms with Gasteiger partial charge in [-0.15, -0.1) is 0 Å². The Morgan fingerprint density at radius 1 is 1.24 bits per heavy atom. The van der Waals surface area contributed by atoms with Gasteiger partial charge in [-0.2, -0.15) is 0 Å². The molecule has 1 N–H and O–H groups in total. The van der Waals surface area contributed by atoms with Crippen LogP contribution in [0.5, 0.6) is 5.75 Å². The number of methoxy groups -OCH3 is 1. The normalized spacial score (nSPS) is 17.0. The van der Waals surface area contributed by atoms with Crippen molar-refractivity contribution in [2.45, 2.75) is 32.4 Å². The van der Waals surface area contributed by atoms with Crippen molar-refractivity contribution in [2.24, 2.45) is 0 Å². The lowest BCUT2D eigenvalue weighted by molar-refractivity contribution is 0.0694. The van der Waals surface area contributed by atoms with Crippen LogP contribution in [0.3, 0.4) is 0 Å². The van der Waals surface area contributed by atoms with E-state index in [1.165, 1.54) is 19.4 Å². The maximum absolute atomic E-state index is 15.4. The minimum atomic E-state index is -1.32. The van der Waals surface area contributed by atoms with Crippen LogP contribution in [0.15, 0.2) is 33.6 Å². The molecule has 1 aliphatic heterocycles. The van der Waals surface area contributed by atoms with Gasteiger partial charge in [0.25, 0.3) is 0 Å². The van der Waals surface area contributed by atoms with Crippen molar-refractivity contribution in [2.75, 3.05) is 38.2 Å². The molecule has 8 nitrogen and oxygen atoms in total. The van der Waals surface area contributed by atoms with E-state index in [9.17, 15) is 14.7 Å². The minimum absolute atomic E-state index is 0.0340. The zero-order valence-electron chi connectivity index (χ0n) is 18.6. The fourth-order valence-electron chi connectivity index (χ4n) is 4.64. The van der Waals surface area contributed by atoms with E-state index in [0.29, 0.717) is 43.9 Å². The molecule has 2 aliphatic rings. The van der Waals surface area contributed by atoms with Crippen LogP contribution in [0.2, 0.25) is 0 Å². The number of pyridine rings is 1. The van der Waals surface area contributed by atoms with E-state index in [4.69, 9.17) is 9.15 Å². The van der Waals surface area contributed by atoms with E-state index >= 15 is 4.39 Å². The van der Waals surface area contributed by atoms with E-state index < -0.39 is 17.2 Å². The summed E-state index contributed by atoms with van der Waals surface area (Å²) in [6.45, 7) is 5.20. The number of halogens is 1. The number of hydrogen-bond acceptors (Lipinski definition) is 6. The molecule has 0 radical (unpaired) electrons. The SMILES string of the molecule is COc1c(N2CCN(Cc3ccc(C)o3)CC2)c(F)cc2c(=O)c(C(=O)O)cn(C3CC3)c12. The monoisotopic (exact) mass is 455 g/mol. The van der Waals surface area contributed by atoms with Crippen molar-refractivity contribution in [3.63, 3.8) is 0 Å². The maximum atomic E-state index is 15.4. The van der Waals surface area contributed by atoms with Gasteiger partial charge in [0.1, 0.15) is 22.8 Å². The van der Waals surface area contributed by atoms with Crippen molar-refractivity contribution in [3.05, 3.63) is 57.5 Å². The first kappa shape index (κ1) is 21.5. The summed E-state index contributed by atoms with van der Waals surface area (Å²) in [6.07, 6.45) is 3.12. The molecule has 0 unspecified atom stereocenters. The highest BCUT2D eigenvalue weighted by Gasteiger charge is 2.32. The number of ether oxygens (including phenoxy) is 1. The number of aromatic carboxylic acids is 1. The number of furan rings is 1. The first-order valence-electron chi connectivity index (χ1n) is 11.1. The van der Waals surface area contributed by atoms with Gasteiger partial charge in [-0.3, -0.25) is 9.69 Å². The second kappa shape index (κ2) is 8.22. The molecule has 2 aromatic heterocycles. The zero-order valence-corrected chi connectivity index (χ0v) is 18.6. The first-order chi connectivity index (χ1) is 15.9. The topological polar surface area (TPSA) is 88.2 Å². The summed E-state index contributed by atoms with van der Waals surface area (Å²) >= 11 is 0. The summed E-state index contributed by atoms with van der Waals surface area (Å²) in [5.74, 6) is 0.151. The number of aryl methyl sites for hydroxylation is 1. The summed E-state index contributed by atoms with van der Waals surface area (Å²) in [5.41, 5.74) is -0.280. The lowest BCUT2D eigenvalue weighted by Crippen LogP contribution is -2.46. The van der Waals surface area contributed by atoms with Gasteiger partial charge in [0.05, 0.1) is 24.6 Å². The molecule has 1 aromatic carbocycles. The van der Waals surface area contributed by atoms with Crippen molar-refractivity contribution in [3.8, 4) is 5.75 Å². The highest BCUT2D eigenvalue weighted by atomic mass is 19.1. The van der Waals surface area contributed by atoms with Crippen LogP contribution in [0.4, 0.5) is 10.1 Å². The Morgan fingerprint density at radius 2 is 1.97 bits per heavy atom. The van der Waals surface area contributed by atoms with E-state index in [0.717, 1.165) is 24.4 Å².